The van der Waals surface area contributed by atoms with Crippen LogP contribution in [0.1, 0.15) is 78.3 Å². The third-order valence-corrected chi connectivity index (χ3v) is 5.45. The van der Waals surface area contributed by atoms with Gasteiger partial charge in [-0.15, -0.1) is 0 Å². The normalized spacial score (nSPS) is 15.5. The van der Waals surface area contributed by atoms with E-state index < -0.39 is 0 Å². The van der Waals surface area contributed by atoms with E-state index in [1.54, 1.807) is 0 Å². The molecule has 1 N–H and O–H groups in total. The number of unbranched alkanes of at least 4 members (excludes halogenated alkanes) is 3. The summed E-state index contributed by atoms with van der Waals surface area (Å²) < 4.78 is 6.33. The van der Waals surface area contributed by atoms with Gasteiger partial charge in [-0.05, 0) is 51.3 Å². The SMILES string of the molecule is CCCCCCC1c2cc(C)cc(C)c2Oc2c1cc(C)c(O)c2C. The van der Waals surface area contributed by atoms with Crippen LogP contribution >= 0.6 is 0 Å². The van der Waals surface area contributed by atoms with Crippen molar-refractivity contribution in [3.8, 4) is 17.2 Å². The Bertz CT molecular complexity index is 789. The number of rotatable bonds is 5. The molecule has 0 amide bonds. The second kappa shape index (κ2) is 7.11. The number of benzene rings is 2. The van der Waals surface area contributed by atoms with Gasteiger partial charge in [-0.25, -0.2) is 0 Å². The van der Waals surface area contributed by atoms with Gasteiger partial charge in [0.25, 0.3) is 0 Å². The van der Waals surface area contributed by atoms with Crippen molar-refractivity contribution in [2.45, 2.75) is 72.6 Å². The summed E-state index contributed by atoms with van der Waals surface area (Å²) in [5.74, 6) is 2.57. The first-order valence-electron chi connectivity index (χ1n) is 9.56. The van der Waals surface area contributed by atoms with Crippen molar-refractivity contribution < 1.29 is 9.84 Å². The van der Waals surface area contributed by atoms with Crippen molar-refractivity contribution in [1.29, 1.82) is 0 Å². The number of phenols is 1. The fourth-order valence-electron chi connectivity index (χ4n) is 4.12. The minimum Gasteiger partial charge on any atom is -0.507 e. The highest BCUT2D eigenvalue weighted by Crippen LogP contribution is 2.51. The van der Waals surface area contributed by atoms with Gasteiger partial charge in [-0.3, -0.25) is 0 Å². The van der Waals surface area contributed by atoms with E-state index in [0.717, 1.165) is 29.0 Å². The molecule has 1 atom stereocenters. The molecule has 1 unspecified atom stereocenters. The van der Waals surface area contributed by atoms with Crippen LogP contribution in [0, 0.1) is 27.7 Å². The van der Waals surface area contributed by atoms with Crippen molar-refractivity contribution in [1.82, 2.24) is 0 Å². The number of ether oxygens (including phenoxy) is 1. The zero-order chi connectivity index (χ0) is 18.1. The summed E-state index contributed by atoms with van der Waals surface area (Å²) in [5, 5.41) is 10.4. The lowest BCUT2D eigenvalue weighted by molar-refractivity contribution is 0.415. The zero-order valence-corrected chi connectivity index (χ0v) is 16.2. The van der Waals surface area contributed by atoms with Gasteiger partial charge in [-0.2, -0.15) is 0 Å². The molecule has 2 aromatic rings. The third-order valence-electron chi connectivity index (χ3n) is 5.45. The van der Waals surface area contributed by atoms with Gasteiger partial charge < -0.3 is 9.84 Å². The third kappa shape index (κ3) is 3.27. The van der Waals surface area contributed by atoms with Gasteiger partial charge in [-0.1, -0.05) is 50.3 Å². The largest absolute Gasteiger partial charge is 0.507 e. The molecular formula is C23H30O2. The van der Waals surface area contributed by atoms with Crippen LogP contribution in [0.5, 0.6) is 17.2 Å². The first kappa shape index (κ1) is 17.8. The van der Waals surface area contributed by atoms with Gasteiger partial charge in [0, 0.05) is 22.6 Å². The van der Waals surface area contributed by atoms with Crippen LogP contribution in [-0.4, -0.2) is 5.11 Å². The molecule has 0 fully saturated rings. The summed E-state index contributed by atoms with van der Waals surface area (Å²) in [7, 11) is 0. The fourth-order valence-corrected chi connectivity index (χ4v) is 4.12. The summed E-state index contributed by atoms with van der Waals surface area (Å²) in [6.45, 7) is 10.5. The molecule has 0 aromatic heterocycles. The molecule has 2 heteroatoms. The van der Waals surface area contributed by atoms with E-state index in [1.165, 1.54) is 47.9 Å². The van der Waals surface area contributed by atoms with E-state index in [2.05, 4.69) is 39.0 Å². The maximum absolute atomic E-state index is 10.4. The topological polar surface area (TPSA) is 29.5 Å². The monoisotopic (exact) mass is 338 g/mol. The summed E-state index contributed by atoms with van der Waals surface area (Å²) >= 11 is 0. The molecule has 2 nitrogen and oxygen atoms in total. The Hall–Kier alpha value is -1.96. The van der Waals surface area contributed by atoms with Gasteiger partial charge in [0.15, 0.2) is 0 Å². The summed E-state index contributed by atoms with van der Waals surface area (Å²) in [5.41, 5.74) is 6.81. The molecule has 1 aliphatic rings. The second-order valence-electron chi connectivity index (χ2n) is 7.59. The molecule has 0 aliphatic carbocycles. The average Bonchev–Trinajstić information content (AvgIpc) is 2.57. The first-order valence-corrected chi connectivity index (χ1v) is 9.56. The number of aryl methyl sites for hydroxylation is 3. The van der Waals surface area contributed by atoms with Gasteiger partial charge >= 0.3 is 0 Å². The molecule has 0 bridgehead atoms. The lowest BCUT2D eigenvalue weighted by atomic mass is 9.81. The Morgan fingerprint density at radius 3 is 2.32 bits per heavy atom. The van der Waals surface area contributed by atoms with Crippen molar-refractivity contribution in [3.05, 3.63) is 51.6 Å². The molecule has 0 saturated heterocycles. The Kier molecular flexibility index (Phi) is 5.08. The predicted molar refractivity (Wildman–Crippen MR) is 104 cm³/mol. The number of phenolic OH excluding ortho intramolecular Hbond substituents is 1. The number of fused-ring (bicyclic) bond motifs is 2. The van der Waals surface area contributed by atoms with Gasteiger partial charge in [0.2, 0.25) is 0 Å². The highest BCUT2D eigenvalue weighted by atomic mass is 16.5. The highest BCUT2D eigenvalue weighted by molar-refractivity contribution is 5.63. The first-order chi connectivity index (χ1) is 11.9. The van der Waals surface area contributed by atoms with Crippen LogP contribution in [0.4, 0.5) is 0 Å². The lowest BCUT2D eigenvalue weighted by Crippen LogP contribution is -2.13. The Labute approximate surface area is 151 Å². The minimum absolute atomic E-state index is 0.354. The summed E-state index contributed by atoms with van der Waals surface area (Å²) in [6, 6.07) is 6.59. The van der Waals surface area contributed by atoms with Crippen LogP contribution in [-0.2, 0) is 0 Å². The van der Waals surface area contributed by atoms with Gasteiger partial charge in [0.1, 0.15) is 17.2 Å². The Morgan fingerprint density at radius 2 is 1.60 bits per heavy atom. The molecule has 1 aliphatic heterocycles. The van der Waals surface area contributed by atoms with E-state index in [1.807, 2.05) is 13.8 Å². The quantitative estimate of drug-likeness (QED) is 0.605. The van der Waals surface area contributed by atoms with Crippen LogP contribution in [0.15, 0.2) is 18.2 Å². The minimum atomic E-state index is 0.354. The standard InChI is InChI=1S/C23H30O2/c1-6-7-8-9-10-18-19-12-14(2)11-16(4)22(19)25-23-17(5)21(24)15(3)13-20(18)23/h11-13,18,24H,6-10H2,1-5H3. The molecule has 3 rings (SSSR count). The molecule has 0 spiro atoms. The zero-order valence-electron chi connectivity index (χ0n) is 16.2. The van der Waals surface area contributed by atoms with Crippen LogP contribution in [0.3, 0.4) is 0 Å². The molecule has 0 radical (unpaired) electrons. The molecule has 0 saturated carbocycles. The number of hydrogen-bond acceptors (Lipinski definition) is 2. The second-order valence-corrected chi connectivity index (χ2v) is 7.59. The fraction of sp³-hybridized carbons (Fsp3) is 0.478. The molecule has 134 valence electrons. The van der Waals surface area contributed by atoms with Crippen LogP contribution < -0.4 is 4.74 Å². The average molecular weight is 338 g/mol. The number of aromatic hydroxyl groups is 1. The summed E-state index contributed by atoms with van der Waals surface area (Å²) in [6.07, 6.45) is 6.19. The van der Waals surface area contributed by atoms with Crippen molar-refractivity contribution in [3.63, 3.8) is 0 Å². The van der Waals surface area contributed by atoms with Gasteiger partial charge in [0.05, 0.1) is 0 Å². The maximum Gasteiger partial charge on any atom is 0.137 e. The maximum atomic E-state index is 10.4. The van der Waals surface area contributed by atoms with E-state index in [0.29, 0.717) is 11.7 Å². The Morgan fingerprint density at radius 1 is 0.880 bits per heavy atom. The Balaban J connectivity index is 2.09. The van der Waals surface area contributed by atoms with Crippen molar-refractivity contribution in [2.24, 2.45) is 0 Å². The number of hydrogen-bond donors (Lipinski definition) is 1. The highest BCUT2D eigenvalue weighted by Gasteiger charge is 2.31. The van der Waals surface area contributed by atoms with Crippen LogP contribution in [0.25, 0.3) is 0 Å². The molecule has 2 aromatic carbocycles. The van der Waals surface area contributed by atoms with E-state index in [-0.39, 0.29) is 0 Å². The lowest BCUT2D eigenvalue weighted by Gasteiger charge is -2.31. The van der Waals surface area contributed by atoms with E-state index in [9.17, 15) is 5.11 Å². The predicted octanol–water partition coefficient (Wildman–Crippen LogP) is 6.83. The molecule has 1 heterocycles. The van der Waals surface area contributed by atoms with Crippen molar-refractivity contribution in [2.75, 3.05) is 0 Å². The van der Waals surface area contributed by atoms with E-state index >= 15 is 0 Å². The van der Waals surface area contributed by atoms with Crippen LogP contribution in [0.2, 0.25) is 0 Å². The molecule has 25 heavy (non-hydrogen) atoms. The molecular weight excluding hydrogens is 308 g/mol. The summed E-state index contributed by atoms with van der Waals surface area (Å²) in [4.78, 5) is 0. The van der Waals surface area contributed by atoms with Crippen molar-refractivity contribution >= 4 is 0 Å². The smallest absolute Gasteiger partial charge is 0.137 e. The van der Waals surface area contributed by atoms with E-state index in [4.69, 9.17) is 4.74 Å².